The third-order valence-electron chi connectivity index (χ3n) is 4.01. The lowest BCUT2D eigenvalue weighted by Gasteiger charge is -2.11. The maximum absolute atomic E-state index is 12.6. The minimum atomic E-state index is 0.105. The molecule has 4 heteroatoms. The molecule has 0 saturated carbocycles. The van der Waals surface area contributed by atoms with Crippen LogP contribution in [-0.4, -0.2) is 42.1 Å². The molecule has 0 aliphatic rings. The fourth-order valence-corrected chi connectivity index (χ4v) is 3.71. The van der Waals surface area contributed by atoms with E-state index in [9.17, 15) is 4.79 Å². The Bertz CT molecular complexity index is 862. The van der Waals surface area contributed by atoms with E-state index in [-0.39, 0.29) is 5.78 Å². The Morgan fingerprint density at radius 1 is 1.04 bits per heavy atom. The molecule has 1 heterocycles. The zero-order chi connectivity index (χ0) is 17.6. The van der Waals surface area contributed by atoms with Crippen molar-refractivity contribution < 1.29 is 4.79 Å². The zero-order valence-electron chi connectivity index (χ0n) is 14.6. The van der Waals surface area contributed by atoms with Crippen LogP contribution in [0.1, 0.15) is 16.1 Å². The standard InChI is InChI=1S/C21H22N2OS/c1-23(2)12-13-25-21-14-17-10-6-7-11-18(17)19(22-21)15-20(24)16-8-4-3-5-9-16/h3-11,14H,12-13,15H2,1-2H3. The number of hydrogen-bond acceptors (Lipinski definition) is 4. The summed E-state index contributed by atoms with van der Waals surface area (Å²) in [4.78, 5) is 19.6. The van der Waals surface area contributed by atoms with Gasteiger partial charge in [0, 0.05) is 23.2 Å². The van der Waals surface area contributed by atoms with Gasteiger partial charge >= 0.3 is 0 Å². The minimum Gasteiger partial charge on any atom is -0.309 e. The van der Waals surface area contributed by atoms with E-state index in [2.05, 4.69) is 31.1 Å². The van der Waals surface area contributed by atoms with Gasteiger partial charge in [-0.3, -0.25) is 4.79 Å². The summed E-state index contributed by atoms with van der Waals surface area (Å²) in [5.41, 5.74) is 1.60. The van der Waals surface area contributed by atoms with Crippen molar-refractivity contribution in [2.75, 3.05) is 26.4 Å². The molecular weight excluding hydrogens is 328 g/mol. The molecule has 3 nitrogen and oxygen atoms in total. The third-order valence-corrected chi connectivity index (χ3v) is 4.90. The number of nitrogens with zero attached hydrogens (tertiary/aromatic N) is 2. The summed E-state index contributed by atoms with van der Waals surface area (Å²) in [6, 6.07) is 19.7. The number of thioether (sulfide) groups is 1. The predicted octanol–water partition coefficient (Wildman–Crippen LogP) is 4.31. The van der Waals surface area contributed by atoms with Crippen molar-refractivity contribution in [3.8, 4) is 0 Å². The molecule has 25 heavy (non-hydrogen) atoms. The molecule has 0 amide bonds. The molecule has 0 aliphatic heterocycles. The van der Waals surface area contributed by atoms with Crippen molar-refractivity contribution >= 4 is 28.3 Å². The van der Waals surface area contributed by atoms with Crippen LogP contribution in [0.4, 0.5) is 0 Å². The van der Waals surface area contributed by atoms with Crippen LogP contribution in [0.15, 0.2) is 65.7 Å². The van der Waals surface area contributed by atoms with Gasteiger partial charge in [0.05, 0.1) is 17.1 Å². The summed E-state index contributed by atoms with van der Waals surface area (Å²) in [6.07, 6.45) is 0.326. The number of carbonyl (C=O) groups excluding carboxylic acids is 1. The van der Waals surface area contributed by atoms with E-state index in [1.807, 2.05) is 48.5 Å². The molecule has 3 rings (SSSR count). The van der Waals surface area contributed by atoms with Crippen molar-refractivity contribution in [3.63, 3.8) is 0 Å². The van der Waals surface area contributed by atoms with Gasteiger partial charge in [-0.1, -0.05) is 54.6 Å². The molecule has 0 atom stereocenters. The van der Waals surface area contributed by atoms with Crippen LogP contribution < -0.4 is 0 Å². The fourth-order valence-electron chi connectivity index (χ4n) is 2.66. The molecular formula is C21H22N2OS. The van der Waals surface area contributed by atoms with Crippen molar-refractivity contribution in [1.82, 2.24) is 9.88 Å². The molecule has 0 bridgehead atoms. The maximum atomic E-state index is 12.6. The number of ketones is 1. The highest BCUT2D eigenvalue weighted by atomic mass is 32.2. The number of fused-ring (bicyclic) bond motifs is 1. The normalized spacial score (nSPS) is 11.2. The average molecular weight is 350 g/mol. The second kappa shape index (κ2) is 8.28. The molecule has 0 fully saturated rings. The Kier molecular flexibility index (Phi) is 5.84. The first-order valence-corrected chi connectivity index (χ1v) is 9.36. The van der Waals surface area contributed by atoms with Crippen molar-refractivity contribution in [3.05, 3.63) is 71.9 Å². The van der Waals surface area contributed by atoms with Crippen LogP contribution in [0.3, 0.4) is 0 Å². The van der Waals surface area contributed by atoms with Gasteiger partial charge in [-0.25, -0.2) is 4.98 Å². The van der Waals surface area contributed by atoms with Gasteiger partial charge in [0.25, 0.3) is 0 Å². The van der Waals surface area contributed by atoms with Crippen LogP contribution in [0.2, 0.25) is 0 Å². The highest BCUT2D eigenvalue weighted by molar-refractivity contribution is 7.99. The summed E-state index contributed by atoms with van der Waals surface area (Å²) in [6.45, 7) is 0.997. The minimum absolute atomic E-state index is 0.105. The first-order chi connectivity index (χ1) is 12.1. The summed E-state index contributed by atoms with van der Waals surface area (Å²) >= 11 is 1.74. The summed E-state index contributed by atoms with van der Waals surface area (Å²) in [5.74, 6) is 1.08. The van der Waals surface area contributed by atoms with Crippen molar-refractivity contribution in [2.45, 2.75) is 11.4 Å². The summed E-state index contributed by atoms with van der Waals surface area (Å²) in [5, 5.41) is 3.18. The number of Topliss-reactive ketones (excluding diaryl/α,β-unsaturated/α-hetero) is 1. The van der Waals surface area contributed by atoms with E-state index < -0.39 is 0 Å². The van der Waals surface area contributed by atoms with E-state index in [0.717, 1.165) is 39.4 Å². The molecule has 0 spiro atoms. The van der Waals surface area contributed by atoms with E-state index in [1.54, 1.807) is 11.8 Å². The Hall–Kier alpha value is -2.17. The SMILES string of the molecule is CN(C)CCSc1cc2ccccc2c(CC(=O)c2ccccc2)n1. The van der Waals surface area contributed by atoms with Crippen LogP contribution in [0, 0.1) is 0 Å². The first-order valence-electron chi connectivity index (χ1n) is 8.38. The van der Waals surface area contributed by atoms with Crippen LogP contribution in [0.5, 0.6) is 0 Å². The molecule has 0 N–H and O–H groups in total. The molecule has 3 aromatic rings. The number of benzene rings is 2. The maximum Gasteiger partial charge on any atom is 0.168 e. The quantitative estimate of drug-likeness (QED) is 0.469. The molecule has 0 aliphatic carbocycles. The largest absolute Gasteiger partial charge is 0.309 e. The molecule has 128 valence electrons. The van der Waals surface area contributed by atoms with Gasteiger partial charge in [-0.2, -0.15) is 0 Å². The second-order valence-electron chi connectivity index (χ2n) is 6.25. The van der Waals surface area contributed by atoms with Gasteiger partial charge < -0.3 is 4.90 Å². The van der Waals surface area contributed by atoms with Crippen LogP contribution in [0.25, 0.3) is 10.8 Å². The van der Waals surface area contributed by atoms with Gasteiger partial charge in [-0.15, -0.1) is 11.8 Å². The number of aromatic nitrogens is 1. The van der Waals surface area contributed by atoms with Crippen molar-refractivity contribution in [1.29, 1.82) is 0 Å². The zero-order valence-corrected chi connectivity index (χ0v) is 15.4. The predicted molar refractivity (Wildman–Crippen MR) is 105 cm³/mol. The fraction of sp³-hybridized carbons (Fsp3) is 0.238. The molecule has 2 aromatic carbocycles. The molecule has 0 radical (unpaired) electrons. The topological polar surface area (TPSA) is 33.2 Å². The van der Waals surface area contributed by atoms with Gasteiger partial charge in [0.2, 0.25) is 0 Å². The smallest absolute Gasteiger partial charge is 0.168 e. The Balaban J connectivity index is 1.88. The van der Waals surface area contributed by atoms with Crippen molar-refractivity contribution in [2.24, 2.45) is 0 Å². The van der Waals surface area contributed by atoms with Crippen LogP contribution >= 0.6 is 11.8 Å². The second-order valence-corrected chi connectivity index (χ2v) is 7.36. The summed E-state index contributed by atoms with van der Waals surface area (Å²) in [7, 11) is 4.14. The highest BCUT2D eigenvalue weighted by Gasteiger charge is 2.12. The van der Waals surface area contributed by atoms with Gasteiger partial charge in [0.15, 0.2) is 5.78 Å². The summed E-state index contributed by atoms with van der Waals surface area (Å²) < 4.78 is 0. The van der Waals surface area contributed by atoms with E-state index in [4.69, 9.17) is 4.98 Å². The monoisotopic (exact) mass is 350 g/mol. The Labute approximate surface area is 153 Å². The Morgan fingerprint density at radius 2 is 1.76 bits per heavy atom. The number of pyridine rings is 1. The Morgan fingerprint density at radius 3 is 2.52 bits per heavy atom. The lowest BCUT2D eigenvalue weighted by atomic mass is 10.0. The number of rotatable bonds is 7. The number of hydrogen-bond donors (Lipinski definition) is 0. The van der Waals surface area contributed by atoms with Crippen LogP contribution in [-0.2, 0) is 6.42 Å². The first kappa shape index (κ1) is 17.6. The lowest BCUT2D eigenvalue weighted by Crippen LogP contribution is -2.14. The van der Waals surface area contributed by atoms with E-state index >= 15 is 0 Å². The van der Waals surface area contributed by atoms with E-state index in [1.165, 1.54) is 0 Å². The lowest BCUT2D eigenvalue weighted by molar-refractivity contribution is 0.0992. The van der Waals surface area contributed by atoms with Gasteiger partial charge in [-0.05, 0) is 25.5 Å². The average Bonchev–Trinajstić information content (AvgIpc) is 2.62. The van der Waals surface area contributed by atoms with Gasteiger partial charge in [0.1, 0.15) is 0 Å². The molecule has 0 saturated heterocycles. The third kappa shape index (κ3) is 4.68. The number of carbonyl (C=O) groups is 1. The molecule has 0 unspecified atom stereocenters. The molecule has 1 aromatic heterocycles. The van der Waals surface area contributed by atoms with E-state index in [0.29, 0.717) is 6.42 Å². The highest BCUT2D eigenvalue weighted by Crippen LogP contribution is 2.25.